The monoisotopic (exact) mass is 290 g/mol. The standard InChI is InChI=1S/C15H9F3N2O/c16-9-3-1-8(2-4-9)13-11-7-10(17)5-6-12(11)19-15(21)14(18)20-13/h1-7,14H,(H,19,21). The van der Waals surface area contributed by atoms with E-state index in [-0.39, 0.29) is 17.0 Å². The van der Waals surface area contributed by atoms with Crippen LogP contribution in [0.1, 0.15) is 11.1 Å². The highest BCUT2D eigenvalue weighted by Gasteiger charge is 2.25. The maximum absolute atomic E-state index is 13.8. The number of aliphatic imine (C=N–C) groups is 1. The molecule has 1 aliphatic rings. The molecular weight excluding hydrogens is 281 g/mol. The number of nitrogens with zero attached hydrogens (tertiary/aromatic N) is 1. The van der Waals surface area contributed by atoms with Crippen LogP contribution in [-0.2, 0) is 4.79 Å². The van der Waals surface area contributed by atoms with Gasteiger partial charge in [-0.2, -0.15) is 0 Å². The molecule has 106 valence electrons. The number of alkyl halides is 1. The minimum Gasteiger partial charge on any atom is -0.321 e. The summed E-state index contributed by atoms with van der Waals surface area (Å²) in [5, 5.41) is 2.34. The van der Waals surface area contributed by atoms with Gasteiger partial charge in [0.2, 0.25) is 0 Å². The summed E-state index contributed by atoms with van der Waals surface area (Å²) in [5.74, 6) is -1.94. The normalized spacial score (nSPS) is 17.6. The van der Waals surface area contributed by atoms with Gasteiger partial charge in [0.25, 0.3) is 12.2 Å². The lowest BCUT2D eigenvalue weighted by Gasteiger charge is -2.09. The number of nitrogens with one attached hydrogen (secondary N) is 1. The summed E-state index contributed by atoms with van der Waals surface area (Å²) < 4.78 is 40.2. The van der Waals surface area contributed by atoms with Crippen LogP contribution in [0.5, 0.6) is 0 Å². The average molecular weight is 290 g/mol. The Labute approximate surface area is 118 Å². The lowest BCUT2D eigenvalue weighted by atomic mass is 10.0. The summed E-state index contributed by atoms with van der Waals surface area (Å²) in [7, 11) is 0. The molecule has 21 heavy (non-hydrogen) atoms. The first-order valence-electron chi connectivity index (χ1n) is 6.13. The van der Waals surface area contributed by atoms with Gasteiger partial charge in [-0.25, -0.2) is 18.2 Å². The van der Waals surface area contributed by atoms with Crippen molar-refractivity contribution in [2.24, 2.45) is 4.99 Å². The van der Waals surface area contributed by atoms with Crippen molar-refractivity contribution in [1.82, 2.24) is 0 Å². The second-order valence-corrected chi connectivity index (χ2v) is 4.50. The molecule has 0 saturated heterocycles. The molecule has 2 aromatic carbocycles. The van der Waals surface area contributed by atoms with E-state index in [1.807, 2.05) is 0 Å². The smallest absolute Gasteiger partial charge is 0.281 e. The number of hydrogen-bond donors (Lipinski definition) is 1. The van der Waals surface area contributed by atoms with E-state index in [0.29, 0.717) is 5.56 Å². The van der Waals surface area contributed by atoms with Crippen molar-refractivity contribution in [1.29, 1.82) is 0 Å². The van der Waals surface area contributed by atoms with Crippen LogP contribution in [0.2, 0.25) is 0 Å². The third-order valence-electron chi connectivity index (χ3n) is 3.07. The summed E-state index contributed by atoms with van der Waals surface area (Å²) in [4.78, 5) is 15.2. The number of hydrogen-bond acceptors (Lipinski definition) is 2. The molecule has 1 amide bonds. The molecule has 0 fully saturated rings. The molecule has 1 N–H and O–H groups in total. The van der Waals surface area contributed by atoms with Crippen molar-refractivity contribution in [3.05, 3.63) is 65.2 Å². The zero-order valence-corrected chi connectivity index (χ0v) is 10.6. The number of amides is 1. The number of benzodiazepines with no additional fused rings is 1. The van der Waals surface area contributed by atoms with Crippen molar-refractivity contribution in [2.75, 3.05) is 5.32 Å². The maximum atomic E-state index is 13.8. The molecule has 1 heterocycles. The van der Waals surface area contributed by atoms with Gasteiger partial charge >= 0.3 is 0 Å². The lowest BCUT2D eigenvalue weighted by molar-refractivity contribution is -0.120. The highest BCUT2D eigenvalue weighted by Crippen LogP contribution is 2.25. The number of benzene rings is 2. The zero-order chi connectivity index (χ0) is 15.0. The molecule has 3 rings (SSSR count). The van der Waals surface area contributed by atoms with E-state index >= 15 is 0 Å². The van der Waals surface area contributed by atoms with Crippen LogP contribution < -0.4 is 5.32 Å². The Balaban J connectivity index is 2.21. The van der Waals surface area contributed by atoms with Crippen LogP contribution in [0, 0.1) is 11.6 Å². The van der Waals surface area contributed by atoms with Crippen molar-refractivity contribution in [3.8, 4) is 0 Å². The Morgan fingerprint density at radius 2 is 1.67 bits per heavy atom. The van der Waals surface area contributed by atoms with Gasteiger partial charge in [-0.3, -0.25) is 4.79 Å². The molecule has 0 aliphatic carbocycles. The number of carbonyl (C=O) groups excluding carboxylic acids is 1. The molecule has 0 spiro atoms. The number of fused-ring (bicyclic) bond motifs is 1. The quantitative estimate of drug-likeness (QED) is 0.806. The maximum Gasteiger partial charge on any atom is 0.281 e. The van der Waals surface area contributed by atoms with Crippen molar-refractivity contribution < 1.29 is 18.0 Å². The molecular formula is C15H9F3N2O. The molecule has 0 bridgehead atoms. The summed E-state index contributed by atoms with van der Waals surface area (Å²) in [6.07, 6.45) is -2.11. The largest absolute Gasteiger partial charge is 0.321 e. The fourth-order valence-electron chi connectivity index (χ4n) is 2.09. The van der Waals surface area contributed by atoms with Crippen LogP contribution in [0.4, 0.5) is 18.9 Å². The molecule has 0 saturated carbocycles. The van der Waals surface area contributed by atoms with E-state index < -0.39 is 23.8 Å². The van der Waals surface area contributed by atoms with Gasteiger partial charge in [-0.05, 0) is 42.5 Å². The number of carbonyl (C=O) groups is 1. The van der Waals surface area contributed by atoms with Crippen molar-refractivity contribution in [2.45, 2.75) is 6.30 Å². The molecule has 1 aliphatic heterocycles. The molecule has 2 aromatic rings. The topological polar surface area (TPSA) is 41.5 Å². The Morgan fingerprint density at radius 3 is 2.38 bits per heavy atom. The highest BCUT2D eigenvalue weighted by molar-refractivity contribution is 6.19. The van der Waals surface area contributed by atoms with Crippen LogP contribution in [0.3, 0.4) is 0 Å². The first-order valence-corrected chi connectivity index (χ1v) is 6.13. The van der Waals surface area contributed by atoms with Gasteiger partial charge in [-0.15, -0.1) is 0 Å². The highest BCUT2D eigenvalue weighted by atomic mass is 19.1. The van der Waals surface area contributed by atoms with E-state index in [4.69, 9.17) is 0 Å². The second-order valence-electron chi connectivity index (χ2n) is 4.50. The molecule has 6 heteroatoms. The van der Waals surface area contributed by atoms with Gasteiger partial charge in [0.15, 0.2) is 0 Å². The summed E-state index contributed by atoms with van der Waals surface area (Å²) >= 11 is 0. The summed E-state index contributed by atoms with van der Waals surface area (Å²) in [5.41, 5.74) is 0.984. The lowest BCUT2D eigenvalue weighted by Crippen LogP contribution is -2.21. The minimum absolute atomic E-state index is 0.0929. The van der Waals surface area contributed by atoms with E-state index in [0.717, 1.165) is 12.1 Å². The van der Waals surface area contributed by atoms with Crippen LogP contribution in [0.25, 0.3) is 0 Å². The third kappa shape index (κ3) is 2.52. The third-order valence-corrected chi connectivity index (χ3v) is 3.07. The van der Waals surface area contributed by atoms with Crippen molar-refractivity contribution in [3.63, 3.8) is 0 Å². The molecule has 0 radical (unpaired) electrons. The van der Waals surface area contributed by atoms with Gasteiger partial charge in [-0.1, -0.05) is 0 Å². The predicted octanol–water partition coefficient (Wildman–Crippen LogP) is 3.05. The number of halogens is 3. The second kappa shape index (κ2) is 5.05. The Morgan fingerprint density at radius 1 is 1.00 bits per heavy atom. The average Bonchev–Trinajstić information content (AvgIpc) is 2.58. The van der Waals surface area contributed by atoms with Crippen LogP contribution >= 0.6 is 0 Å². The molecule has 1 unspecified atom stereocenters. The van der Waals surface area contributed by atoms with Gasteiger partial charge in [0.1, 0.15) is 11.6 Å². The van der Waals surface area contributed by atoms with Crippen LogP contribution in [0.15, 0.2) is 47.5 Å². The first-order chi connectivity index (χ1) is 10.0. The van der Waals surface area contributed by atoms with E-state index in [2.05, 4.69) is 10.3 Å². The number of rotatable bonds is 1. The molecule has 0 aromatic heterocycles. The van der Waals surface area contributed by atoms with Crippen molar-refractivity contribution >= 4 is 17.3 Å². The zero-order valence-electron chi connectivity index (χ0n) is 10.6. The fourth-order valence-corrected chi connectivity index (χ4v) is 2.09. The van der Waals surface area contributed by atoms with Gasteiger partial charge < -0.3 is 5.32 Å². The first kappa shape index (κ1) is 13.4. The fraction of sp³-hybridized carbons (Fsp3) is 0.0667. The van der Waals surface area contributed by atoms with E-state index in [1.165, 1.54) is 30.3 Å². The SMILES string of the molecule is O=C1Nc2ccc(F)cc2C(c2ccc(F)cc2)=NC1F. The Hall–Kier alpha value is -2.63. The Bertz CT molecular complexity index is 741. The van der Waals surface area contributed by atoms with Crippen LogP contribution in [-0.4, -0.2) is 17.9 Å². The summed E-state index contributed by atoms with van der Waals surface area (Å²) in [6.45, 7) is 0. The summed E-state index contributed by atoms with van der Waals surface area (Å²) in [6, 6.07) is 8.79. The van der Waals surface area contributed by atoms with E-state index in [1.54, 1.807) is 0 Å². The van der Waals surface area contributed by atoms with Gasteiger partial charge in [0.05, 0.1) is 11.4 Å². The van der Waals surface area contributed by atoms with E-state index in [9.17, 15) is 18.0 Å². The number of anilines is 1. The molecule has 1 atom stereocenters. The Kier molecular flexibility index (Phi) is 3.21. The molecule has 3 nitrogen and oxygen atoms in total. The van der Waals surface area contributed by atoms with Gasteiger partial charge in [0, 0.05) is 11.1 Å². The minimum atomic E-state index is -2.11. The predicted molar refractivity (Wildman–Crippen MR) is 72.0 cm³/mol.